The molecule has 3 heterocycles. The predicted molar refractivity (Wildman–Crippen MR) is 134 cm³/mol. The summed E-state index contributed by atoms with van der Waals surface area (Å²) < 4.78 is 36.0. The monoisotopic (exact) mass is 552 g/mol. The fourth-order valence-electron chi connectivity index (χ4n) is 3.67. The third-order valence-corrected chi connectivity index (χ3v) is 6.80. The van der Waals surface area contributed by atoms with Gasteiger partial charge in [0.05, 0.1) is 17.2 Å². The summed E-state index contributed by atoms with van der Waals surface area (Å²) in [6.45, 7) is 9.04. The van der Waals surface area contributed by atoms with Gasteiger partial charge in [-0.1, -0.05) is 0 Å². The highest BCUT2D eigenvalue weighted by Gasteiger charge is 2.59. The van der Waals surface area contributed by atoms with E-state index in [-0.39, 0.29) is 11.9 Å². The molecule has 2 aromatic heterocycles. The first-order valence-corrected chi connectivity index (χ1v) is 13.2. The van der Waals surface area contributed by atoms with E-state index in [1.54, 1.807) is 46.8 Å². The van der Waals surface area contributed by atoms with E-state index < -0.39 is 62.1 Å². The molecular weight excluding hydrogens is 519 g/mol. The zero-order valence-electron chi connectivity index (χ0n) is 22.0. The number of nitrogens with two attached hydrogens (primary N) is 1. The van der Waals surface area contributed by atoms with Gasteiger partial charge in [0, 0.05) is 0 Å². The summed E-state index contributed by atoms with van der Waals surface area (Å²) >= 11 is 0. The van der Waals surface area contributed by atoms with Crippen LogP contribution in [-0.2, 0) is 32.9 Å². The van der Waals surface area contributed by atoms with Crippen molar-refractivity contribution in [1.82, 2.24) is 19.7 Å². The van der Waals surface area contributed by atoms with Crippen LogP contribution in [0.1, 0.15) is 53.3 Å². The Morgan fingerprint density at radius 3 is 2.66 bits per heavy atom. The number of anilines is 1. The number of rotatable bonds is 9. The zero-order chi connectivity index (χ0) is 28.4. The van der Waals surface area contributed by atoms with Crippen molar-refractivity contribution in [3.63, 3.8) is 0 Å². The second-order valence-electron chi connectivity index (χ2n) is 10.2. The number of nitrogens with zero attached hydrogens (tertiary/aromatic N) is 4. The molecule has 208 valence electrons. The molecule has 4 N–H and O–H groups in total. The number of fused-ring (bicyclic) bond motifs is 1. The maximum Gasteiger partial charge on any atom is 0.323 e. The number of carbonyl (C=O) groups excluding carboxylic acids is 2. The second-order valence-corrected chi connectivity index (χ2v) is 11.4. The SMILES string of the molecule is CC(C)OC(=O)[C@H](C)N[PH](=O)OC[C@@]1(C#N)O[C@@H](c2ccc3c(N)ncnn23)[C@H](OC(=O)C(C)(C)C)[C@@H]1O. The summed E-state index contributed by atoms with van der Waals surface area (Å²) in [6.07, 6.45) is -3.38. The van der Waals surface area contributed by atoms with Crippen LogP contribution >= 0.6 is 8.18 Å². The van der Waals surface area contributed by atoms with E-state index >= 15 is 0 Å². The number of hydrogen-bond donors (Lipinski definition) is 3. The van der Waals surface area contributed by atoms with Crippen molar-refractivity contribution in [2.45, 2.75) is 77.6 Å². The average molecular weight is 553 g/mol. The third kappa shape index (κ3) is 6.14. The van der Waals surface area contributed by atoms with Crippen LogP contribution in [-0.4, -0.2) is 68.2 Å². The lowest BCUT2D eigenvalue weighted by Crippen LogP contribution is -2.47. The van der Waals surface area contributed by atoms with Crippen molar-refractivity contribution in [2.24, 2.45) is 5.41 Å². The molecule has 3 rings (SSSR count). The van der Waals surface area contributed by atoms with Gasteiger partial charge in [-0.15, -0.1) is 0 Å². The maximum absolute atomic E-state index is 12.8. The molecule has 0 spiro atoms. The Balaban J connectivity index is 1.88. The van der Waals surface area contributed by atoms with Gasteiger partial charge in [-0.25, -0.2) is 14.6 Å². The molecule has 0 radical (unpaired) electrons. The third-order valence-electron chi connectivity index (χ3n) is 5.73. The number of aliphatic hydroxyl groups excluding tert-OH is 1. The van der Waals surface area contributed by atoms with Crippen LogP contribution in [0.2, 0.25) is 0 Å². The molecule has 6 atom stereocenters. The van der Waals surface area contributed by atoms with Gasteiger partial charge in [0.2, 0.25) is 5.60 Å². The number of nitrogen functional groups attached to an aromatic ring is 1. The Kier molecular flexibility index (Phi) is 8.80. The van der Waals surface area contributed by atoms with Crippen molar-refractivity contribution in [2.75, 3.05) is 12.3 Å². The van der Waals surface area contributed by atoms with Crippen LogP contribution in [0, 0.1) is 16.7 Å². The molecule has 14 nitrogen and oxygen atoms in total. The van der Waals surface area contributed by atoms with Gasteiger partial charge >= 0.3 is 11.9 Å². The minimum absolute atomic E-state index is 0.178. The van der Waals surface area contributed by atoms with Crippen LogP contribution in [0.25, 0.3) is 5.52 Å². The Morgan fingerprint density at radius 2 is 2.05 bits per heavy atom. The first-order valence-electron chi connectivity index (χ1n) is 11.9. The van der Waals surface area contributed by atoms with E-state index in [1.807, 2.05) is 6.07 Å². The molecule has 1 fully saturated rings. The summed E-state index contributed by atoms with van der Waals surface area (Å²) in [7, 11) is -3.09. The average Bonchev–Trinajstić information content (AvgIpc) is 3.37. The summed E-state index contributed by atoms with van der Waals surface area (Å²) in [4.78, 5) is 28.7. The standard InChI is InChI=1S/C23H33N6O8P/c1-12(2)35-20(31)13(3)28-38(33)34-10-23(9-24)18(30)17(36-21(32)22(4,5)6)16(37-23)14-7-8-15-19(25)26-11-27-29(14)15/h7-8,11-13,16-18,30,38H,10H2,1-6H3,(H,28,33)(H2,25,26,27)/t13-,16-,17-,18-,23+/m0/s1. The quantitative estimate of drug-likeness (QED) is 0.297. The van der Waals surface area contributed by atoms with E-state index in [2.05, 4.69) is 15.2 Å². The predicted octanol–water partition coefficient (Wildman–Crippen LogP) is 1.30. The van der Waals surface area contributed by atoms with E-state index in [9.17, 15) is 24.5 Å². The van der Waals surface area contributed by atoms with Crippen molar-refractivity contribution in [1.29, 1.82) is 5.26 Å². The van der Waals surface area contributed by atoms with E-state index in [0.717, 1.165) is 0 Å². The molecule has 1 aliphatic rings. The van der Waals surface area contributed by atoms with Gasteiger partial charge in [-0.05, 0) is 53.7 Å². The molecule has 1 unspecified atom stereocenters. The first-order chi connectivity index (χ1) is 17.7. The molecule has 0 aliphatic carbocycles. The van der Waals surface area contributed by atoms with Gasteiger partial charge < -0.3 is 29.6 Å². The molecule has 2 aromatic rings. The maximum atomic E-state index is 12.8. The fourth-order valence-corrected chi connectivity index (χ4v) is 4.57. The molecule has 0 aromatic carbocycles. The minimum atomic E-state index is -3.09. The van der Waals surface area contributed by atoms with E-state index in [1.165, 1.54) is 17.8 Å². The van der Waals surface area contributed by atoms with Crippen LogP contribution in [0.5, 0.6) is 0 Å². The van der Waals surface area contributed by atoms with Crippen molar-refractivity contribution >= 4 is 31.5 Å². The number of nitrogens with one attached hydrogen (secondary N) is 1. The van der Waals surface area contributed by atoms with Crippen molar-refractivity contribution in [3.05, 3.63) is 24.2 Å². The summed E-state index contributed by atoms with van der Waals surface area (Å²) in [5.74, 6) is -1.10. The number of aliphatic hydroxyl groups is 1. The normalized spacial score (nSPS) is 25.2. The lowest BCUT2D eigenvalue weighted by Gasteiger charge is -2.26. The Hall–Kier alpha value is -3.08. The Morgan fingerprint density at radius 1 is 1.37 bits per heavy atom. The molecule has 0 saturated carbocycles. The number of carbonyl (C=O) groups is 2. The molecular formula is C23H33N6O8P. The van der Waals surface area contributed by atoms with Crippen LogP contribution in [0.3, 0.4) is 0 Å². The Labute approximate surface area is 220 Å². The smallest absolute Gasteiger partial charge is 0.323 e. The molecule has 0 amide bonds. The number of aromatic nitrogens is 3. The molecule has 0 bridgehead atoms. The summed E-state index contributed by atoms with van der Waals surface area (Å²) in [6, 6.07) is 4.14. The minimum Gasteiger partial charge on any atom is -0.462 e. The zero-order valence-corrected chi connectivity index (χ0v) is 23.0. The summed E-state index contributed by atoms with van der Waals surface area (Å²) in [5.41, 5.74) is 3.67. The number of nitriles is 1. The van der Waals surface area contributed by atoms with Gasteiger partial charge in [0.15, 0.2) is 11.9 Å². The first kappa shape index (κ1) is 29.5. The molecule has 38 heavy (non-hydrogen) atoms. The van der Waals surface area contributed by atoms with E-state index in [0.29, 0.717) is 11.2 Å². The lowest BCUT2D eigenvalue weighted by atomic mass is 9.94. The van der Waals surface area contributed by atoms with Gasteiger partial charge in [0.1, 0.15) is 42.8 Å². The van der Waals surface area contributed by atoms with Crippen LogP contribution < -0.4 is 10.8 Å². The molecule has 1 aliphatic heterocycles. The number of ether oxygens (including phenoxy) is 3. The number of hydrogen-bond acceptors (Lipinski definition) is 12. The second kappa shape index (κ2) is 11.3. The summed E-state index contributed by atoms with van der Waals surface area (Å²) in [5, 5.41) is 27.9. The Bertz CT molecular complexity index is 1250. The highest BCUT2D eigenvalue weighted by Crippen LogP contribution is 2.44. The van der Waals surface area contributed by atoms with Crippen molar-refractivity contribution < 1.29 is 38.0 Å². The largest absolute Gasteiger partial charge is 0.462 e. The van der Waals surface area contributed by atoms with Crippen molar-refractivity contribution in [3.8, 4) is 6.07 Å². The fraction of sp³-hybridized carbons (Fsp3) is 0.609. The van der Waals surface area contributed by atoms with Crippen LogP contribution in [0.15, 0.2) is 18.5 Å². The number of esters is 2. The topological polar surface area (TPSA) is 200 Å². The van der Waals surface area contributed by atoms with Crippen LogP contribution in [0.4, 0.5) is 5.82 Å². The van der Waals surface area contributed by atoms with Gasteiger partial charge in [-0.2, -0.15) is 10.4 Å². The highest BCUT2D eigenvalue weighted by molar-refractivity contribution is 7.36. The van der Waals surface area contributed by atoms with E-state index in [4.69, 9.17) is 24.5 Å². The van der Waals surface area contributed by atoms with Gasteiger partial charge in [0.25, 0.3) is 8.18 Å². The molecule has 1 saturated heterocycles. The molecule has 15 heteroatoms. The van der Waals surface area contributed by atoms with Gasteiger partial charge in [-0.3, -0.25) is 14.2 Å². The highest BCUT2D eigenvalue weighted by atomic mass is 31.1. The lowest BCUT2D eigenvalue weighted by molar-refractivity contribution is -0.165.